The first kappa shape index (κ1) is 22.6. The van der Waals surface area contributed by atoms with Crippen LogP contribution in [0.1, 0.15) is 31.9 Å². The molecule has 0 spiro atoms. The monoisotopic (exact) mass is 473 g/mol. The number of aromatic nitrogens is 4. The van der Waals surface area contributed by atoms with Crippen LogP contribution in [0.15, 0.2) is 65.8 Å². The lowest BCUT2D eigenvalue weighted by molar-refractivity contribution is -0.122. The second-order valence-electron chi connectivity index (χ2n) is 8.85. The van der Waals surface area contributed by atoms with E-state index < -0.39 is 0 Å². The van der Waals surface area contributed by atoms with Crippen LogP contribution >= 0.6 is 0 Å². The van der Waals surface area contributed by atoms with E-state index in [4.69, 9.17) is 9.47 Å². The summed E-state index contributed by atoms with van der Waals surface area (Å²) in [6.07, 6.45) is 3.70. The van der Waals surface area contributed by atoms with Crippen LogP contribution < -0.4 is 20.3 Å². The van der Waals surface area contributed by atoms with Crippen LogP contribution in [0.2, 0.25) is 0 Å². The summed E-state index contributed by atoms with van der Waals surface area (Å²) in [5.74, 6) is 1.22. The molecular formula is C26H27N5O4. The molecule has 1 atom stereocenters. The van der Waals surface area contributed by atoms with Crippen molar-refractivity contribution in [3.05, 3.63) is 77.0 Å². The van der Waals surface area contributed by atoms with Crippen LogP contribution in [0.3, 0.4) is 0 Å². The number of benzene rings is 2. The van der Waals surface area contributed by atoms with E-state index >= 15 is 0 Å². The van der Waals surface area contributed by atoms with Gasteiger partial charge in [-0.25, -0.2) is 9.67 Å². The van der Waals surface area contributed by atoms with E-state index in [0.29, 0.717) is 35.7 Å². The van der Waals surface area contributed by atoms with Crippen LogP contribution in [0.4, 0.5) is 0 Å². The molecule has 2 aromatic heterocycles. The third-order valence-corrected chi connectivity index (χ3v) is 5.98. The van der Waals surface area contributed by atoms with Crippen LogP contribution in [0.5, 0.6) is 11.5 Å². The van der Waals surface area contributed by atoms with E-state index in [2.05, 4.69) is 15.4 Å². The van der Waals surface area contributed by atoms with Crippen molar-refractivity contribution in [2.24, 2.45) is 5.92 Å². The molecule has 9 nitrogen and oxygen atoms in total. The molecule has 0 saturated heterocycles. The fourth-order valence-corrected chi connectivity index (χ4v) is 4.20. The highest BCUT2D eigenvalue weighted by Crippen LogP contribution is 2.34. The van der Waals surface area contributed by atoms with Gasteiger partial charge >= 0.3 is 0 Å². The second-order valence-corrected chi connectivity index (χ2v) is 8.85. The molecule has 1 aliphatic rings. The van der Waals surface area contributed by atoms with Crippen molar-refractivity contribution in [3.8, 4) is 17.2 Å². The van der Waals surface area contributed by atoms with Gasteiger partial charge in [-0.3, -0.25) is 14.2 Å². The molecule has 2 aromatic carbocycles. The number of carbonyl (C=O) groups excluding carboxylic acids is 1. The van der Waals surface area contributed by atoms with Crippen molar-refractivity contribution >= 4 is 16.9 Å². The van der Waals surface area contributed by atoms with Crippen molar-refractivity contribution in [2.45, 2.75) is 32.9 Å². The van der Waals surface area contributed by atoms with Crippen molar-refractivity contribution < 1.29 is 14.3 Å². The minimum atomic E-state index is -0.316. The summed E-state index contributed by atoms with van der Waals surface area (Å²) in [5, 5.41) is 7.74. The Morgan fingerprint density at radius 1 is 1.09 bits per heavy atom. The number of carbonyl (C=O) groups is 1. The van der Waals surface area contributed by atoms with Crippen molar-refractivity contribution in [1.82, 2.24) is 24.6 Å². The number of nitrogens with one attached hydrogen (secondary N) is 1. The second kappa shape index (κ2) is 9.61. The van der Waals surface area contributed by atoms with E-state index in [1.54, 1.807) is 4.68 Å². The first-order valence-corrected chi connectivity index (χ1v) is 11.7. The zero-order valence-electron chi connectivity index (χ0n) is 19.7. The summed E-state index contributed by atoms with van der Waals surface area (Å²) in [6.45, 7) is 5.13. The van der Waals surface area contributed by atoms with E-state index in [-0.39, 0.29) is 30.0 Å². The summed E-state index contributed by atoms with van der Waals surface area (Å²) < 4.78 is 14.4. The maximum absolute atomic E-state index is 13.1. The molecule has 0 bridgehead atoms. The third kappa shape index (κ3) is 4.62. The molecule has 3 heterocycles. The SMILES string of the molecule is CC(C)[C@H](NC(=O)Cn1cnc2c(cnn2-c2ccccc2)c1=O)c1ccc2c(c1)OCCCO2. The lowest BCUT2D eigenvalue weighted by Gasteiger charge is -2.24. The molecule has 1 N–H and O–H groups in total. The molecule has 1 amide bonds. The molecule has 5 rings (SSSR count). The molecule has 180 valence electrons. The van der Waals surface area contributed by atoms with Gasteiger partial charge in [-0.15, -0.1) is 0 Å². The predicted octanol–water partition coefficient (Wildman–Crippen LogP) is 3.26. The van der Waals surface area contributed by atoms with Crippen LogP contribution in [-0.2, 0) is 11.3 Å². The number of para-hydroxylation sites is 1. The number of hydrogen-bond donors (Lipinski definition) is 1. The molecule has 9 heteroatoms. The highest BCUT2D eigenvalue weighted by atomic mass is 16.5. The Bertz CT molecular complexity index is 1410. The Balaban J connectivity index is 1.36. The van der Waals surface area contributed by atoms with Crippen LogP contribution in [0.25, 0.3) is 16.7 Å². The molecule has 0 saturated carbocycles. The summed E-state index contributed by atoms with van der Waals surface area (Å²) in [5.41, 5.74) is 1.86. The molecule has 4 aromatic rings. The van der Waals surface area contributed by atoms with Crippen LogP contribution in [0, 0.1) is 5.92 Å². The summed E-state index contributed by atoms with van der Waals surface area (Å²) >= 11 is 0. The van der Waals surface area contributed by atoms with E-state index in [0.717, 1.165) is 17.7 Å². The van der Waals surface area contributed by atoms with Gasteiger partial charge in [0.1, 0.15) is 18.3 Å². The van der Waals surface area contributed by atoms with Gasteiger partial charge in [0.05, 0.1) is 31.1 Å². The Labute approximate surface area is 202 Å². The smallest absolute Gasteiger partial charge is 0.264 e. The number of fused-ring (bicyclic) bond motifs is 2. The van der Waals surface area contributed by atoms with Crippen molar-refractivity contribution in [1.29, 1.82) is 0 Å². The number of ether oxygens (including phenoxy) is 2. The van der Waals surface area contributed by atoms with E-state index in [1.165, 1.54) is 17.1 Å². The lowest BCUT2D eigenvalue weighted by atomic mass is 9.95. The average Bonchev–Trinajstić information content (AvgIpc) is 3.16. The van der Waals surface area contributed by atoms with Crippen LogP contribution in [-0.4, -0.2) is 38.5 Å². The molecule has 35 heavy (non-hydrogen) atoms. The zero-order chi connectivity index (χ0) is 24.4. The van der Waals surface area contributed by atoms with Gasteiger partial charge in [-0.1, -0.05) is 38.1 Å². The Hall–Kier alpha value is -4.14. The maximum atomic E-state index is 13.1. The molecule has 0 radical (unpaired) electrons. The quantitative estimate of drug-likeness (QED) is 0.461. The Kier molecular flexibility index (Phi) is 6.22. The first-order valence-electron chi connectivity index (χ1n) is 11.7. The Morgan fingerprint density at radius 2 is 1.86 bits per heavy atom. The molecule has 0 fully saturated rings. The highest BCUT2D eigenvalue weighted by molar-refractivity contribution is 5.78. The number of nitrogens with zero attached hydrogens (tertiary/aromatic N) is 4. The van der Waals surface area contributed by atoms with Gasteiger partial charge in [0.2, 0.25) is 5.91 Å². The average molecular weight is 474 g/mol. The lowest BCUT2D eigenvalue weighted by Crippen LogP contribution is -2.36. The van der Waals surface area contributed by atoms with Gasteiger partial charge in [0.25, 0.3) is 5.56 Å². The fourth-order valence-electron chi connectivity index (χ4n) is 4.20. The molecule has 1 aliphatic heterocycles. The first-order chi connectivity index (χ1) is 17.0. The van der Waals surface area contributed by atoms with Gasteiger partial charge in [0, 0.05) is 6.42 Å². The highest BCUT2D eigenvalue weighted by Gasteiger charge is 2.22. The summed E-state index contributed by atoms with van der Waals surface area (Å²) in [7, 11) is 0. The third-order valence-electron chi connectivity index (χ3n) is 5.98. The Morgan fingerprint density at radius 3 is 2.63 bits per heavy atom. The molecule has 0 aliphatic carbocycles. The van der Waals surface area contributed by atoms with Gasteiger partial charge < -0.3 is 14.8 Å². The van der Waals surface area contributed by atoms with Crippen molar-refractivity contribution in [3.63, 3.8) is 0 Å². The minimum absolute atomic E-state index is 0.116. The fraction of sp³-hybridized carbons (Fsp3) is 0.308. The predicted molar refractivity (Wildman–Crippen MR) is 131 cm³/mol. The minimum Gasteiger partial charge on any atom is -0.490 e. The normalized spacial score (nSPS) is 14.0. The summed E-state index contributed by atoms with van der Waals surface area (Å²) in [6, 6.07) is 14.9. The zero-order valence-corrected chi connectivity index (χ0v) is 19.7. The number of amides is 1. The number of hydrogen-bond acceptors (Lipinski definition) is 6. The van der Waals surface area contributed by atoms with E-state index in [9.17, 15) is 9.59 Å². The van der Waals surface area contributed by atoms with Gasteiger partial charge in [0.15, 0.2) is 17.1 Å². The maximum Gasteiger partial charge on any atom is 0.264 e. The van der Waals surface area contributed by atoms with Gasteiger partial charge in [-0.2, -0.15) is 5.10 Å². The van der Waals surface area contributed by atoms with E-state index in [1.807, 2.05) is 62.4 Å². The van der Waals surface area contributed by atoms with Gasteiger partial charge in [-0.05, 0) is 35.7 Å². The summed E-state index contributed by atoms with van der Waals surface area (Å²) in [4.78, 5) is 30.4. The largest absolute Gasteiger partial charge is 0.490 e. The number of rotatable bonds is 6. The molecule has 0 unspecified atom stereocenters. The van der Waals surface area contributed by atoms with Crippen molar-refractivity contribution in [2.75, 3.05) is 13.2 Å². The molecular weight excluding hydrogens is 446 g/mol. The standard InChI is InChI=1S/C26H27N5O4/c1-17(2)24(18-9-10-21-22(13-18)35-12-6-11-34-21)29-23(32)15-30-16-27-25-20(26(30)33)14-28-31(25)19-7-4-3-5-8-19/h3-5,7-10,13-14,16-17,24H,6,11-12,15H2,1-2H3,(H,29,32)/t24-/m0/s1. The topological polar surface area (TPSA) is 100 Å².